The molecule has 0 aliphatic heterocycles. The summed E-state index contributed by atoms with van der Waals surface area (Å²) in [5.74, 6) is 0. The SMILES string of the molecule is CC(C)(C)[Si](c1ccccc1)(c1ccccc1)C(O)c1cccc(Br)c1. The van der Waals surface area contributed by atoms with Gasteiger partial charge in [-0.1, -0.05) is 120 Å². The number of benzene rings is 3. The molecule has 3 rings (SSSR count). The largest absolute Gasteiger partial charge is 0.391 e. The van der Waals surface area contributed by atoms with Crippen LogP contribution in [0.15, 0.2) is 89.4 Å². The van der Waals surface area contributed by atoms with Crippen LogP contribution in [0, 0.1) is 0 Å². The normalized spacial score (nSPS) is 13.4. The number of rotatable bonds is 4. The lowest BCUT2D eigenvalue weighted by molar-refractivity contribution is 0.246. The lowest BCUT2D eigenvalue weighted by Gasteiger charge is -2.47. The molecule has 0 aromatic heterocycles. The van der Waals surface area contributed by atoms with Crippen LogP contribution in [0.4, 0.5) is 0 Å². The van der Waals surface area contributed by atoms with Gasteiger partial charge < -0.3 is 5.11 Å². The Morgan fingerprint density at radius 1 is 0.769 bits per heavy atom. The average molecular weight is 425 g/mol. The monoisotopic (exact) mass is 424 g/mol. The summed E-state index contributed by atoms with van der Waals surface area (Å²) in [4.78, 5) is 0. The fourth-order valence-corrected chi connectivity index (χ4v) is 10.1. The zero-order valence-electron chi connectivity index (χ0n) is 15.5. The van der Waals surface area contributed by atoms with Crippen LogP contribution in [0.2, 0.25) is 5.04 Å². The molecule has 26 heavy (non-hydrogen) atoms. The van der Waals surface area contributed by atoms with Crippen molar-refractivity contribution in [1.29, 1.82) is 0 Å². The van der Waals surface area contributed by atoms with E-state index in [0.29, 0.717) is 0 Å². The van der Waals surface area contributed by atoms with E-state index in [1.165, 1.54) is 10.4 Å². The van der Waals surface area contributed by atoms with Crippen LogP contribution < -0.4 is 10.4 Å². The second-order valence-electron chi connectivity index (χ2n) is 7.75. The molecule has 0 heterocycles. The molecule has 1 nitrogen and oxygen atoms in total. The molecule has 0 radical (unpaired) electrons. The third-order valence-corrected chi connectivity index (χ3v) is 11.7. The van der Waals surface area contributed by atoms with Crippen molar-refractivity contribution in [2.45, 2.75) is 31.5 Å². The molecule has 0 fully saturated rings. The predicted octanol–water partition coefficient (Wildman–Crippen LogP) is 5.09. The molecule has 0 spiro atoms. The minimum absolute atomic E-state index is 0.0859. The third-order valence-electron chi connectivity index (χ3n) is 5.22. The Labute approximate surface area is 165 Å². The molecule has 0 saturated carbocycles. The van der Waals surface area contributed by atoms with E-state index < -0.39 is 13.8 Å². The first-order chi connectivity index (χ1) is 12.4. The Hall–Kier alpha value is -1.68. The van der Waals surface area contributed by atoms with Gasteiger partial charge in [0.15, 0.2) is 8.07 Å². The van der Waals surface area contributed by atoms with Gasteiger partial charge in [0.05, 0.1) is 5.73 Å². The first kappa shape index (κ1) is 19.1. The quantitative estimate of drug-likeness (QED) is 0.578. The zero-order chi connectivity index (χ0) is 18.8. The van der Waals surface area contributed by atoms with Crippen LogP contribution in [0.5, 0.6) is 0 Å². The summed E-state index contributed by atoms with van der Waals surface area (Å²) in [5, 5.41) is 14.3. The van der Waals surface area contributed by atoms with E-state index in [1.54, 1.807) is 0 Å². The molecule has 3 aromatic carbocycles. The van der Waals surface area contributed by atoms with E-state index in [1.807, 2.05) is 36.4 Å². The van der Waals surface area contributed by atoms with E-state index in [9.17, 15) is 5.11 Å². The second kappa shape index (κ2) is 7.51. The minimum Gasteiger partial charge on any atom is -0.391 e. The first-order valence-corrected chi connectivity index (χ1v) is 11.8. The van der Waals surface area contributed by atoms with Crippen LogP contribution in [0.25, 0.3) is 0 Å². The zero-order valence-corrected chi connectivity index (χ0v) is 18.1. The van der Waals surface area contributed by atoms with Gasteiger partial charge in [-0.25, -0.2) is 0 Å². The molecule has 3 aromatic rings. The number of aliphatic hydroxyl groups is 1. The summed E-state index contributed by atoms with van der Waals surface area (Å²) in [7, 11) is -2.58. The van der Waals surface area contributed by atoms with Gasteiger partial charge in [-0.3, -0.25) is 0 Å². The molecule has 1 atom stereocenters. The molecule has 0 amide bonds. The molecule has 134 valence electrons. The Morgan fingerprint density at radius 3 is 1.69 bits per heavy atom. The van der Waals surface area contributed by atoms with Crippen molar-refractivity contribution in [1.82, 2.24) is 0 Å². The van der Waals surface area contributed by atoms with Crippen LogP contribution >= 0.6 is 15.9 Å². The second-order valence-corrected chi connectivity index (χ2v) is 13.5. The van der Waals surface area contributed by atoms with Crippen LogP contribution in [-0.4, -0.2) is 13.2 Å². The van der Waals surface area contributed by atoms with Crippen molar-refractivity contribution in [3.63, 3.8) is 0 Å². The highest BCUT2D eigenvalue weighted by molar-refractivity contribution is 9.10. The molecular weight excluding hydrogens is 400 g/mol. The maximum absolute atomic E-state index is 11.8. The van der Waals surface area contributed by atoms with E-state index in [0.717, 1.165) is 10.0 Å². The lowest BCUT2D eigenvalue weighted by atomic mass is 10.2. The maximum atomic E-state index is 11.8. The molecule has 1 N–H and O–H groups in total. The topological polar surface area (TPSA) is 20.2 Å². The highest BCUT2D eigenvalue weighted by atomic mass is 79.9. The average Bonchev–Trinajstić information content (AvgIpc) is 2.63. The Kier molecular flexibility index (Phi) is 5.52. The number of hydrogen-bond acceptors (Lipinski definition) is 1. The van der Waals surface area contributed by atoms with Gasteiger partial charge in [0.1, 0.15) is 0 Å². The van der Waals surface area contributed by atoms with Gasteiger partial charge in [-0.15, -0.1) is 0 Å². The lowest BCUT2D eigenvalue weighted by Crippen LogP contribution is -2.68. The Balaban J connectivity index is 2.34. The number of hydrogen-bond donors (Lipinski definition) is 1. The maximum Gasteiger partial charge on any atom is 0.159 e. The van der Waals surface area contributed by atoms with E-state index >= 15 is 0 Å². The van der Waals surface area contributed by atoms with Gasteiger partial charge in [0, 0.05) is 4.47 Å². The smallest absolute Gasteiger partial charge is 0.159 e. The molecule has 3 heteroatoms. The van der Waals surface area contributed by atoms with Crippen LogP contribution in [0.1, 0.15) is 32.1 Å². The summed E-state index contributed by atoms with van der Waals surface area (Å²) in [6.07, 6.45) is 0. The summed E-state index contributed by atoms with van der Waals surface area (Å²) >= 11 is 3.56. The van der Waals surface area contributed by atoms with Crippen LogP contribution in [0.3, 0.4) is 0 Å². The highest BCUT2D eigenvalue weighted by Crippen LogP contribution is 2.43. The Morgan fingerprint density at radius 2 is 1.27 bits per heavy atom. The third kappa shape index (κ3) is 3.31. The minimum atomic E-state index is -2.58. The predicted molar refractivity (Wildman–Crippen MR) is 117 cm³/mol. The number of halogens is 1. The van der Waals surface area contributed by atoms with Crippen molar-refractivity contribution >= 4 is 34.4 Å². The molecule has 0 aliphatic carbocycles. The molecule has 1 unspecified atom stereocenters. The van der Waals surface area contributed by atoms with E-state index in [2.05, 4.69) is 85.2 Å². The van der Waals surface area contributed by atoms with Gasteiger partial charge in [0.25, 0.3) is 0 Å². The first-order valence-electron chi connectivity index (χ1n) is 8.92. The molecule has 0 aliphatic rings. The van der Waals surface area contributed by atoms with Crippen molar-refractivity contribution in [3.8, 4) is 0 Å². The van der Waals surface area contributed by atoms with Crippen LogP contribution in [-0.2, 0) is 0 Å². The standard InChI is InChI=1S/C23H25BrOSi/c1-23(2,3)26(20-13-6-4-7-14-20,21-15-8-5-9-16-21)22(25)18-11-10-12-19(24)17-18/h4-17,22,25H,1-3H3. The van der Waals surface area contributed by atoms with E-state index in [-0.39, 0.29) is 5.04 Å². The van der Waals surface area contributed by atoms with Crippen molar-refractivity contribution in [3.05, 3.63) is 95.0 Å². The fourth-order valence-electron chi connectivity index (χ4n) is 4.09. The molecular formula is C23H25BrOSi. The molecule has 0 saturated heterocycles. The van der Waals surface area contributed by atoms with Gasteiger partial charge >= 0.3 is 0 Å². The van der Waals surface area contributed by atoms with Gasteiger partial charge in [0.2, 0.25) is 0 Å². The highest BCUT2D eigenvalue weighted by Gasteiger charge is 2.53. The molecule has 0 bridgehead atoms. The van der Waals surface area contributed by atoms with Gasteiger partial charge in [-0.05, 0) is 22.7 Å². The summed E-state index contributed by atoms with van der Waals surface area (Å²) in [6.45, 7) is 6.79. The summed E-state index contributed by atoms with van der Waals surface area (Å²) in [5.41, 5.74) is 0.415. The van der Waals surface area contributed by atoms with Gasteiger partial charge in [-0.2, -0.15) is 0 Å². The number of aliphatic hydroxyl groups excluding tert-OH is 1. The van der Waals surface area contributed by atoms with Crippen molar-refractivity contribution < 1.29 is 5.11 Å². The summed E-state index contributed by atoms with van der Waals surface area (Å²) in [6, 6.07) is 29.2. The van der Waals surface area contributed by atoms with E-state index in [4.69, 9.17) is 0 Å². The van der Waals surface area contributed by atoms with Crippen molar-refractivity contribution in [2.75, 3.05) is 0 Å². The van der Waals surface area contributed by atoms with Crippen molar-refractivity contribution in [2.24, 2.45) is 0 Å². The fraction of sp³-hybridized carbons (Fsp3) is 0.217. The summed E-state index contributed by atoms with van der Waals surface area (Å²) < 4.78 is 0.993. The Bertz CT molecular complexity index is 817.